The topological polar surface area (TPSA) is 50.1 Å². The molecule has 1 aromatic carbocycles. The van der Waals surface area contributed by atoms with Gasteiger partial charge in [0, 0.05) is 42.0 Å². The van der Waals surface area contributed by atoms with Crippen LogP contribution in [0.5, 0.6) is 5.75 Å². The summed E-state index contributed by atoms with van der Waals surface area (Å²) < 4.78 is 15.0. The third-order valence-electron chi connectivity index (χ3n) is 4.29. The van der Waals surface area contributed by atoms with Crippen molar-refractivity contribution in [3.8, 4) is 5.75 Å². The SMILES string of the molecule is CC(NC1CCCc2c1cnn2C)c1ccc(F)cc1O. The predicted octanol–water partition coefficient (Wildman–Crippen LogP) is 2.99. The molecule has 1 aromatic heterocycles. The molecule has 0 fully saturated rings. The van der Waals surface area contributed by atoms with E-state index in [1.165, 1.54) is 17.3 Å². The van der Waals surface area contributed by atoms with E-state index in [0.29, 0.717) is 5.56 Å². The maximum Gasteiger partial charge on any atom is 0.126 e. The van der Waals surface area contributed by atoms with Crippen LogP contribution in [-0.2, 0) is 13.5 Å². The van der Waals surface area contributed by atoms with E-state index in [0.717, 1.165) is 25.3 Å². The summed E-state index contributed by atoms with van der Waals surface area (Å²) in [4.78, 5) is 0. The minimum Gasteiger partial charge on any atom is -0.508 e. The Morgan fingerprint density at radius 1 is 1.48 bits per heavy atom. The van der Waals surface area contributed by atoms with Crippen molar-refractivity contribution in [3.05, 3.63) is 47.0 Å². The summed E-state index contributed by atoms with van der Waals surface area (Å²) in [5, 5.41) is 17.8. The van der Waals surface area contributed by atoms with Crippen molar-refractivity contribution < 1.29 is 9.50 Å². The van der Waals surface area contributed by atoms with Crippen LogP contribution >= 0.6 is 0 Å². The smallest absolute Gasteiger partial charge is 0.126 e. The van der Waals surface area contributed by atoms with Gasteiger partial charge >= 0.3 is 0 Å². The van der Waals surface area contributed by atoms with E-state index in [4.69, 9.17) is 0 Å². The number of aromatic nitrogens is 2. The molecule has 0 bridgehead atoms. The first-order valence-corrected chi connectivity index (χ1v) is 7.31. The standard InChI is InChI=1S/C16H20FN3O/c1-10(12-7-6-11(17)8-16(12)21)19-14-4-3-5-15-13(14)9-18-20(15)2/h6-10,14,19,21H,3-5H2,1-2H3. The van der Waals surface area contributed by atoms with Crippen LogP contribution in [-0.4, -0.2) is 14.9 Å². The molecule has 1 aliphatic carbocycles. The normalized spacial score (nSPS) is 19.3. The quantitative estimate of drug-likeness (QED) is 0.913. The number of aryl methyl sites for hydroxylation is 1. The van der Waals surface area contributed by atoms with Crippen molar-refractivity contribution in [2.75, 3.05) is 0 Å². The lowest BCUT2D eigenvalue weighted by molar-refractivity contribution is 0.395. The van der Waals surface area contributed by atoms with Crippen LogP contribution in [0.15, 0.2) is 24.4 Å². The zero-order valence-corrected chi connectivity index (χ0v) is 12.3. The third kappa shape index (κ3) is 2.65. The zero-order chi connectivity index (χ0) is 15.0. The molecule has 0 saturated heterocycles. The second-order valence-electron chi connectivity index (χ2n) is 5.71. The lowest BCUT2D eigenvalue weighted by atomic mass is 9.92. The highest BCUT2D eigenvalue weighted by atomic mass is 19.1. The Bertz CT molecular complexity index is 653. The molecule has 1 aliphatic rings. The van der Waals surface area contributed by atoms with E-state index in [1.54, 1.807) is 6.07 Å². The second-order valence-corrected chi connectivity index (χ2v) is 5.71. The van der Waals surface area contributed by atoms with E-state index >= 15 is 0 Å². The van der Waals surface area contributed by atoms with Gasteiger partial charge < -0.3 is 10.4 Å². The molecule has 112 valence electrons. The Morgan fingerprint density at radius 2 is 2.29 bits per heavy atom. The third-order valence-corrected chi connectivity index (χ3v) is 4.29. The van der Waals surface area contributed by atoms with Crippen LogP contribution in [0.4, 0.5) is 4.39 Å². The molecule has 0 aliphatic heterocycles. The Labute approximate surface area is 123 Å². The van der Waals surface area contributed by atoms with E-state index in [1.807, 2.05) is 24.9 Å². The highest BCUT2D eigenvalue weighted by molar-refractivity contribution is 5.35. The molecule has 21 heavy (non-hydrogen) atoms. The minimum absolute atomic E-state index is 0.00257. The van der Waals surface area contributed by atoms with Gasteiger partial charge in [-0.25, -0.2) is 4.39 Å². The van der Waals surface area contributed by atoms with Crippen molar-refractivity contribution >= 4 is 0 Å². The first-order valence-electron chi connectivity index (χ1n) is 7.31. The first kappa shape index (κ1) is 14.1. The average Bonchev–Trinajstić information content (AvgIpc) is 2.81. The van der Waals surface area contributed by atoms with Gasteiger partial charge in [-0.15, -0.1) is 0 Å². The van der Waals surface area contributed by atoms with E-state index in [-0.39, 0.29) is 17.8 Å². The molecule has 4 nitrogen and oxygen atoms in total. The van der Waals surface area contributed by atoms with Crippen LogP contribution in [0, 0.1) is 5.82 Å². The Morgan fingerprint density at radius 3 is 3.05 bits per heavy atom. The Balaban J connectivity index is 1.81. The van der Waals surface area contributed by atoms with Gasteiger partial charge in [0.15, 0.2) is 0 Å². The molecule has 3 rings (SSSR count). The van der Waals surface area contributed by atoms with Crippen molar-refractivity contribution in [1.29, 1.82) is 0 Å². The van der Waals surface area contributed by atoms with E-state index in [2.05, 4.69) is 10.4 Å². The van der Waals surface area contributed by atoms with Crippen LogP contribution < -0.4 is 5.32 Å². The molecule has 0 spiro atoms. The number of nitrogens with one attached hydrogen (secondary N) is 1. The number of fused-ring (bicyclic) bond motifs is 1. The monoisotopic (exact) mass is 289 g/mol. The van der Waals surface area contributed by atoms with Gasteiger partial charge in [-0.3, -0.25) is 4.68 Å². The average molecular weight is 289 g/mol. The van der Waals surface area contributed by atoms with Gasteiger partial charge in [-0.2, -0.15) is 5.10 Å². The molecular formula is C16H20FN3O. The van der Waals surface area contributed by atoms with Crippen LogP contribution in [0.1, 0.15) is 48.7 Å². The molecule has 0 radical (unpaired) electrons. The number of benzene rings is 1. The lowest BCUT2D eigenvalue weighted by Crippen LogP contribution is -2.27. The molecule has 5 heteroatoms. The van der Waals surface area contributed by atoms with Gasteiger partial charge in [0.05, 0.1) is 6.20 Å². The van der Waals surface area contributed by atoms with Crippen LogP contribution in [0.3, 0.4) is 0 Å². The zero-order valence-electron chi connectivity index (χ0n) is 12.3. The number of nitrogens with zero attached hydrogens (tertiary/aromatic N) is 2. The number of rotatable bonds is 3. The summed E-state index contributed by atoms with van der Waals surface area (Å²) in [6, 6.07) is 4.34. The van der Waals surface area contributed by atoms with Crippen molar-refractivity contribution in [2.45, 2.75) is 38.3 Å². The summed E-state index contributed by atoms with van der Waals surface area (Å²) in [6.45, 7) is 1.98. The second kappa shape index (κ2) is 5.48. The molecule has 2 N–H and O–H groups in total. The summed E-state index contributed by atoms with van der Waals surface area (Å²) in [7, 11) is 1.97. The molecule has 0 amide bonds. The van der Waals surface area contributed by atoms with Crippen molar-refractivity contribution in [2.24, 2.45) is 7.05 Å². The Kier molecular flexibility index (Phi) is 3.68. The highest BCUT2D eigenvalue weighted by Gasteiger charge is 2.25. The number of phenolic OH excluding ortho intramolecular Hbond substituents is 1. The van der Waals surface area contributed by atoms with Crippen molar-refractivity contribution in [1.82, 2.24) is 15.1 Å². The number of hydrogen-bond donors (Lipinski definition) is 2. The number of phenols is 1. The highest BCUT2D eigenvalue weighted by Crippen LogP contribution is 2.33. The molecule has 2 aromatic rings. The predicted molar refractivity (Wildman–Crippen MR) is 78.5 cm³/mol. The first-order chi connectivity index (χ1) is 10.1. The molecule has 1 heterocycles. The van der Waals surface area contributed by atoms with Gasteiger partial charge in [0.1, 0.15) is 11.6 Å². The number of halogens is 1. The fourth-order valence-electron chi connectivity index (χ4n) is 3.15. The van der Waals surface area contributed by atoms with E-state index < -0.39 is 5.82 Å². The summed E-state index contributed by atoms with van der Waals surface area (Å²) in [5.41, 5.74) is 3.22. The maximum atomic E-state index is 13.1. The minimum atomic E-state index is -0.421. The molecule has 2 unspecified atom stereocenters. The number of hydrogen-bond acceptors (Lipinski definition) is 3. The van der Waals surface area contributed by atoms with Crippen LogP contribution in [0.25, 0.3) is 0 Å². The van der Waals surface area contributed by atoms with Crippen molar-refractivity contribution in [3.63, 3.8) is 0 Å². The Hall–Kier alpha value is -1.88. The van der Waals surface area contributed by atoms with Gasteiger partial charge in [0.25, 0.3) is 0 Å². The summed E-state index contributed by atoms with van der Waals surface area (Å²) in [6.07, 6.45) is 5.14. The number of aromatic hydroxyl groups is 1. The van der Waals surface area contributed by atoms with E-state index in [9.17, 15) is 9.50 Å². The van der Waals surface area contributed by atoms with Crippen LogP contribution in [0.2, 0.25) is 0 Å². The lowest BCUT2D eigenvalue weighted by Gasteiger charge is -2.27. The summed E-state index contributed by atoms with van der Waals surface area (Å²) >= 11 is 0. The fraction of sp³-hybridized carbons (Fsp3) is 0.438. The maximum absolute atomic E-state index is 13.1. The van der Waals surface area contributed by atoms with Gasteiger partial charge in [0.2, 0.25) is 0 Å². The fourth-order valence-corrected chi connectivity index (χ4v) is 3.15. The van der Waals surface area contributed by atoms with Gasteiger partial charge in [-0.05, 0) is 32.3 Å². The molecule has 0 saturated carbocycles. The largest absolute Gasteiger partial charge is 0.508 e. The van der Waals surface area contributed by atoms with Gasteiger partial charge in [-0.1, -0.05) is 6.07 Å². The molecule has 2 atom stereocenters. The summed E-state index contributed by atoms with van der Waals surface area (Å²) in [5.74, 6) is -0.423. The molecular weight excluding hydrogens is 269 g/mol.